The van der Waals surface area contributed by atoms with Gasteiger partial charge >= 0.3 is 5.97 Å². The summed E-state index contributed by atoms with van der Waals surface area (Å²) in [6, 6.07) is 7.32. The molecular formula is C22H18Cl4N2O5. The van der Waals surface area contributed by atoms with Crippen molar-refractivity contribution in [1.82, 2.24) is 4.90 Å². The van der Waals surface area contributed by atoms with E-state index in [0.29, 0.717) is 18.5 Å². The summed E-state index contributed by atoms with van der Waals surface area (Å²) in [5, 5.41) is 1.78. The first-order valence-corrected chi connectivity index (χ1v) is 11.5. The van der Waals surface area contributed by atoms with E-state index in [-0.39, 0.29) is 37.6 Å². The zero-order valence-corrected chi connectivity index (χ0v) is 20.3. The molecule has 0 bridgehead atoms. The lowest BCUT2D eigenvalue weighted by atomic mass is 10.1. The normalized spacial score (nSPS) is 13.7. The second kappa shape index (κ2) is 10.7. The number of rotatable bonds is 8. The molecule has 0 saturated heterocycles. The SMILES string of the molecule is CCCC[C@@H](C(=O)OCC(=O)Nc1ccccc1)N1C(=O)c2c(Cl)c(Cl)c(Cl)c(Cl)c2C1=O. The van der Waals surface area contributed by atoms with Crippen LogP contribution in [0.1, 0.15) is 46.9 Å². The lowest BCUT2D eigenvalue weighted by molar-refractivity contribution is -0.151. The zero-order chi connectivity index (χ0) is 24.3. The van der Waals surface area contributed by atoms with E-state index >= 15 is 0 Å². The Balaban J connectivity index is 1.82. The Morgan fingerprint density at radius 2 is 1.48 bits per heavy atom. The molecule has 0 unspecified atom stereocenters. The average Bonchev–Trinajstić information content (AvgIpc) is 3.06. The number of carbonyl (C=O) groups is 4. The van der Waals surface area contributed by atoms with Gasteiger partial charge in [0.25, 0.3) is 17.7 Å². The van der Waals surface area contributed by atoms with Gasteiger partial charge in [0.15, 0.2) is 6.61 Å². The third-order valence-corrected chi connectivity index (χ3v) is 6.75. The fourth-order valence-electron chi connectivity index (χ4n) is 3.35. The number of nitrogens with zero attached hydrogens (tertiary/aromatic N) is 1. The first-order valence-electron chi connectivity index (χ1n) is 9.94. The van der Waals surface area contributed by atoms with E-state index < -0.39 is 36.3 Å². The van der Waals surface area contributed by atoms with Crippen LogP contribution in [0.5, 0.6) is 0 Å². The maximum absolute atomic E-state index is 13.1. The molecule has 33 heavy (non-hydrogen) atoms. The number of para-hydroxylation sites is 1. The summed E-state index contributed by atoms with van der Waals surface area (Å²) in [4.78, 5) is 52.0. The van der Waals surface area contributed by atoms with Gasteiger partial charge in [0.1, 0.15) is 6.04 Å². The van der Waals surface area contributed by atoms with E-state index in [1.807, 2.05) is 6.92 Å². The Morgan fingerprint density at radius 1 is 0.939 bits per heavy atom. The molecule has 0 spiro atoms. The van der Waals surface area contributed by atoms with E-state index in [0.717, 1.165) is 4.90 Å². The van der Waals surface area contributed by atoms with Gasteiger partial charge in [-0.1, -0.05) is 84.4 Å². The maximum atomic E-state index is 13.1. The second-order valence-corrected chi connectivity index (χ2v) is 8.68. The molecular weight excluding hydrogens is 514 g/mol. The van der Waals surface area contributed by atoms with Crippen LogP contribution in [-0.4, -0.2) is 41.2 Å². The number of amides is 3. The first-order chi connectivity index (χ1) is 15.7. The number of fused-ring (bicyclic) bond motifs is 1. The standard InChI is InChI=1S/C22H18Cl4N2O5/c1-2-3-9-12(22(32)33-10-13(29)27-11-7-5-4-6-8-11)28-20(30)14-15(21(28)31)17(24)19(26)18(25)16(14)23/h4-8,12H,2-3,9-10H2,1H3,(H,27,29)/t12-/m0/s1. The molecule has 1 heterocycles. The van der Waals surface area contributed by atoms with E-state index in [1.54, 1.807) is 30.3 Å². The molecule has 0 saturated carbocycles. The molecule has 1 aliphatic heterocycles. The number of ether oxygens (including phenoxy) is 1. The van der Waals surface area contributed by atoms with Crippen LogP contribution in [0, 0.1) is 0 Å². The highest BCUT2D eigenvalue weighted by atomic mass is 35.5. The van der Waals surface area contributed by atoms with Crippen LogP contribution in [0.25, 0.3) is 0 Å². The van der Waals surface area contributed by atoms with E-state index in [1.165, 1.54) is 0 Å². The maximum Gasteiger partial charge on any atom is 0.329 e. The summed E-state index contributed by atoms with van der Waals surface area (Å²) in [6.45, 7) is 1.28. The van der Waals surface area contributed by atoms with Crippen molar-refractivity contribution in [2.45, 2.75) is 32.2 Å². The third kappa shape index (κ3) is 5.11. The highest BCUT2D eigenvalue weighted by molar-refractivity contribution is 6.55. The topological polar surface area (TPSA) is 92.8 Å². The Kier molecular flexibility index (Phi) is 8.23. The summed E-state index contributed by atoms with van der Waals surface area (Å²) >= 11 is 24.4. The molecule has 0 aromatic heterocycles. The van der Waals surface area contributed by atoms with Crippen LogP contribution >= 0.6 is 46.4 Å². The summed E-state index contributed by atoms with van der Waals surface area (Å²) in [7, 11) is 0. The van der Waals surface area contributed by atoms with Gasteiger partial charge in [-0.3, -0.25) is 19.3 Å². The number of benzene rings is 2. The van der Waals surface area contributed by atoms with Crippen molar-refractivity contribution in [3.8, 4) is 0 Å². The van der Waals surface area contributed by atoms with E-state index in [4.69, 9.17) is 51.1 Å². The minimum Gasteiger partial charge on any atom is -0.454 e. The predicted molar refractivity (Wildman–Crippen MR) is 126 cm³/mol. The van der Waals surface area contributed by atoms with Crippen molar-refractivity contribution in [2.24, 2.45) is 0 Å². The monoisotopic (exact) mass is 530 g/mol. The van der Waals surface area contributed by atoms with Crippen molar-refractivity contribution >= 4 is 75.8 Å². The van der Waals surface area contributed by atoms with Gasteiger partial charge in [-0.05, 0) is 18.6 Å². The average molecular weight is 532 g/mol. The molecule has 1 atom stereocenters. The van der Waals surface area contributed by atoms with Crippen molar-refractivity contribution in [1.29, 1.82) is 0 Å². The molecule has 7 nitrogen and oxygen atoms in total. The summed E-state index contributed by atoms with van der Waals surface area (Å²) in [6.07, 6.45) is 1.31. The van der Waals surface area contributed by atoms with Crippen LogP contribution in [0.2, 0.25) is 20.1 Å². The zero-order valence-electron chi connectivity index (χ0n) is 17.3. The van der Waals surface area contributed by atoms with Gasteiger partial charge in [-0.25, -0.2) is 4.79 Å². The van der Waals surface area contributed by atoms with Gasteiger partial charge in [0.05, 0.1) is 31.2 Å². The van der Waals surface area contributed by atoms with E-state index in [9.17, 15) is 19.2 Å². The number of hydrogen-bond acceptors (Lipinski definition) is 5. The lowest BCUT2D eigenvalue weighted by Crippen LogP contribution is -2.46. The van der Waals surface area contributed by atoms with Gasteiger partial charge in [-0.2, -0.15) is 0 Å². The minimum atomic E-state index is -1.29. The second-order valence-electron chi connectivity index (χ2n) is 7.17. The van der Waals surface area contributed by atoms with Crippen LogP contribution in [0.3, 0.4) is 0 Å². The lowest BCUT2D eigenvalue weighted by Gasteiger charge is -2.24. The van der Waals surface area contributed by atoms with Crippen LogP contribution in [0.4, 0.5) is 5.69 Å². The summed E-state index contributed by atoms with van der Waals surface area (Å²) in [5.41, 5.74) is 0.0776. The van der Waals surface area contributed by atoms with Crippen molar-refractivity contribution in [3.05, 3.63) is 61.5 Å². The number of unbranched alkanes of at least 4 members (excludes halogenated alkanes) is 1. The van der Waals surface area contributed by atoms with Gasteiger partial charge in [-0.15, -0.1) is 0 Å². The highest BCUT2D eigenvalue weighted by Gasteiger charge is 2.47. The van der Waals surface area contributed by atoms with Crippen LogP contribution in [0.15, 0.2) is 30.3 Å². The molecule has 0 fully saturated rings. The van der Waals surface area contributed by atoms with Crippen molar-refractivity contribution < 1.29 is 23.9 Å². The first kappa shape index (κ1) is 25.3. The van der Waals surface area contributed by atoms with Gasteiger partial charge in [0, 0.05) is 5.69 Å². The number of halogens is 4. The van der Waals surface area contributed by atoms with Crippen LogP contribution in [-0.2, 0) is 14.3 Å². The molecule has 1 aliphatic rings. The summed E-state index contributed by atoms with van der Waals surface area (Å²) in [5.74, 6) is -3.17. The smallest absolute Gasteiger partial charge is 0.329 e. The van der Waals surface area contributed by atoms with Gasteiger partial charge in [0.2, 0.25) is 0 Å². The number of anilines is 1. The molecule has 0 radical (unpaired) electrons. The van der Waals surface area contributed by atoms with Crippen molar-refractivity contribution in [2.75, 3.05) is 11.9 Å². The number of nitrogens with one attached hydrogen (secondary N) is 1. The fourth-order valence-corrected chi connectivity index (χ4v) is 4.37. The number of carbonyl (C=O) groups excluding carboxylic acids is 4. The fraction of sp³-hybridized carbons (Fsp3) is 0.273. The molecule has 0 aliphatic carbocycles. The quantitative estimate of drug-likeness (QED) is 0.206. The molecule has 2 aromatic carbocycles. The Bertz CT molecular complexity index is 1080. The molecule has 1 N–H and O–H groups in total. The minimum absolute atomic E-state index is 0.123. The summed E-state index contributed by atoms with van der Waals surface area (Å²) < 4.78 is 5.14. The molecule has 3 amide bonds. The van der Waals surface area contributed by atoms with Crippen LogP contribution < -0.4 is 5.32 Å². The Hall–Kier alpha value is -2.32. The Labute approximate surface area is 209 Å². The predicted octanol–water partition coefficient (Wildman–Crippen LogP) is 5.64. The molecule has 11 heteroatoms. The third-order valence-electron chi connectivity index (χ3n) is 4.95. The molecule has 174 valence electrons. The van der Waals surface area contributed by atoms with Crippen molar-refractivity contribution in [3.63, 3.8) is 0 Å². The molecule has 2 aromatic rings. The number of hydrogen-bond donors (Lipinski definition) is 1. The number of imide groups is 1. The highest BCUT2D eigenvalue weighted by Crippen LogP contribution is 2.45. The Morgan fingerprint density at radius 3 is 2.00 bits per heavy atom. The largest absolute Gasteiger partial charge is 0.454 e. The molecule has 3 rings (SSSR count). The van der Waals surface area contributed by atoms with Gasteiger partial charge < -0.3 is 10.1 Å². The number of esters is 1. The van der Waals surface area contributed by atoms with E-state index in [2.05, 4.69) is 5.32 Å².